The summed E-state index contributed by atoms with van der Waals surface area (Å²) < 4.78 is 5.62. The summed E-state index contributed by atoms with van der Waals surface area (Å²) in [4.78, 5) is 13.7. The lowest BCUT2D eigenvalue weighted by atomic mass is 10.1. The quantitative estimate of drug-likeness (QED) is 0.763. The van der Waals surface area contributed by atoms with Gasteiger partial charge in [-0.05, 0) is 32.2 Å². The minimum absolute atomic E-state index is 0.0265. The average Bonchev–Trinajstić information content (AvgIpc) is 2.29. The second-order valence-electron chi connectivity index (χ2n) is 4.69. The highest BCUT2D eigenvalue weighted by Gasteiger charge is 2.21. The maximum atomic E-state index is 11.9. The first-order valence-corrected chi connectivity index (χ1v) is 6.21. The van der Waals surface area contributed by atoms with Crippen molar-refractivity contribution in [3.63, 3.8) is 0 Å². The van der Waals surface area contributed by atoms with Gasteiger partial charge in [0.2, 0.25) is 5.91 Å². The van der Waals surface area contributed by atoms with E-state index in [9.17, 15) is 4.79 Å². The van der Waals surface area contributed by atoms with Gasteiger partial charge in [-0.3, -0.25) is 4.79 Å². The fourth-order valence-electron chi connectivity index (χ4n) is 2.10. The maximum absolute atomic E-state index is 11.9. The molecular weight excluding hydrogens is 204 g/mol. The molecule has 0 radical (unpaired) electrons. The number of rotatable bonds is 5. The summed E-state index contributed by atoms with van der Waals surface area (Å²) >= 11 is 0. The number of nitrogens with two attached hydrogens (primary N) is 1. The Bertz CT molecular complexity index is 215. The van der Waals surface area contributed by atoms with Crippen LogP contribution in [0.5, 0.6) is 0 Å². The van der Waals surface area contributed by atoms with Crippen molar-refractivity contribution in [2.24, 2.45) is 11.7 Å². The molecule has 1 amide bonds. The van der Waals surface area contributed by atoms with E-state index in [1.165, 1.54) is 6.42 Å². The molecule has 4 nitrogen and oxygen atoms in total. The first-order valence-electron chi connectivity index (χ1n) is 6.21. The van der Waals surface area contributed by atoms with Crippen molar-refractivity contribution < 1.29 is 9.53 Å². The lowest BCUT2D eigenvalue weighted by molar-refractivity contribution is -0.136. The van der Waals surface area contributed by atoms with E-state index in [0.29, 0.717) is 13.1 Å². The largest absolute Gasteiger partial charge is 0.376 e. The highest BCUT2D eigenvalue weighted by Crippen LogP contribution is 2.14. The lowest BCUT2D eigenvalue weighted by Crippen LogP contribution is -2.39. The number of carbonyl (C=O) groups is 1. The molecule has 4 heteroatoms. The molecule has 1 fully saturated rings. The van der Waals surface area contributed by atoms with E-state index in [2.05, 4.69) is 0 Å². The number of hydrogen-bond donors (Lipinski definition) is 1. The van der Waals surface area contributed by atoms with Gasteiger partial charge in [-0.2, -0.15) is 0 Å². The Morgan fingerprint density at radius 1 is 1.56 bits per heavy atom. The van der Waals surface area contributed by atoms with Crippen molar-refractivity contribution in [2.45, 2.75) is 38.7 Å². The highest BCUT2D eigenvalue weighted by atomic mass is 16.5. The predicted octanol–water partition coefficient (Wildman–Crippen LogP) is 0.999. The molecular formula is C12H24N2O2. The number of ether oxygens (including phenoxy) is 1. The second-order valence-corrected chi connectivity index (χ2v) is 4.69. The van der Waals surface area contributed by atoms with Crippen molar-refractivity contribution in [1.29, 1.82) is 0 Å². The molecule has 1 saturated heterocycles. The molecule has 0 aromatic carbocycles. The van der Waals surface area contributed by atoms with Crippen molar-refractivity contribution in [1.82, 2.24) is 4.90 Å². The van der Waals surface area contributed by atoms with Gasteiger partial charge in [0.05, 0.1) is 6.10 Å². The Labute approximate surface area is 98.1 Å². The molecule has 0 aromatic heterocycles. The molecule has 16 heavy (non-hydrogen) atoms. The summed E-state index contributed by atoms with van der Waals surface area (Å²) in [6.45, 7) is 4.06. The van der Waals surface area contributed by atoms with E-state index in [1.54, 1.807) is 4.90 Å². The fourth-order valence-corrected chi connectivity index (χ4v) is 2.10. The maximum Gasteiger partial charge on any atom is 0.225 e. The van der Waals surface area contributed by atoms with Gasteiger partial charge in [0.15, 0.2) is 0 Å². The van der Waals surface area contributed by atoms with Gasteiger partial charge in [-0.15, -0.1) is 0 Å². The zero-order valence-corrected chi connectivity index (χ0v) is 10.4. The molecule has 0 aromatic rings. The van der Waals surface area contributed by atoms with Crippen molar-refractivity contribution in [3.05, 3.63) is 0 Å². The van der Waals surface area contributed by atoms with E-state index >= 15 is 0 Å². The molecule has 1 rings (SSSR count). The highest BCUT2D eigenvalue weighted by molar-refractivity contribution is 5.78. The van der Waals surface area contributed by atoms with Gasteiger partial charge in [-0.25, -0.2) is 0 Å². The van der Waals surface area contributed by atoms with Crippen LogP contribution in [-0.4, -0.2) is 43.7 Å². The van der Waals surface area contributed by atoms with Crippen LogP contribution in [-0.2, 0) is 9.53 Å². The van der Waals surface area contributed by atoms with Crippen molar-refractivity contribution in [3.8, 4) is 0 Å². The predicted molar refractivity (Wildman–Crippen MR) is 64.1 cm³/mol. The molecule has 0 saturated carbocycles. The smallest absolute Gasteiger partial charge is 0.225 e. The lowest BCUT2D eigenvalue weighted by Gasteiger charge is -2.28. The van der Waals surface area contributed by atoms with Gasteiger partial charge in [0, 0.05) is 26.1 Å². The molecule has 2 N–H and O–H groups in total. The standard InChI is InChI=1S/C12H24N2O2/c1-10(6-7-13)12(15)14(2)9-11-5-3-4-8-16-11/h10-11H,3-9,13H2,1-2H3. The first-order chi connectivity index (χ1) is 7.65. The molecule has 0 aliphatic carbocycles. The summed E-state index contributed by atoms with van der Waals surface area (Å²) in [6, 6.07) is 0. The first kappa shape index (κ1) is 13.5. The zero-order chi connectivity index (χ0) is 12.0. The van der Waals surface area contributed by atoms with Gasteiger partial charge in [0.1, 0.15) is 0 Å². The molecule has 0 spiro atoms. The second kappa shape index (κ2) is 6.86. The van der Waals surface area contributed by atoms with Crippen LogP contribution in [0.2, 0.25) is 0 Å². The molecule has 1 aliphatic rings. The van der Waals surface area contributed by atoms with Crippen LogP contribution < -0.4 is 5.73 Å². The minimum atomic E-state index is 0.0265. The molecule has 2 atom stereocenters. The van der Waals surface area contributed by atoms with E-state index in [4.69, 9.17) is 10.5 Å². The Morgan fingerprint density at radius 2 is 2.31 bits per heavy atom. The fraction of sp³-hybridized carbons (Fsp3) is 0.917. The Hall–Kier alpha value is -0.610. The van der Waals surface area contributed by atoms with Crippen LogP contribution in [0.1, 0.15) is 32.6 Å². The Balaban J connectivity index is 2.32. The number of amides is 1. The van der Waals surface area contributed by atoms with E-state index in [1.807, 2.05) is 14.0 Å². The third-order valence-electron chi connectivity index (χ3n) is 3.15. The van der Waals surface area contributed by atoms with E-state index < -0.39 is 0 Å². The van der Waals surface area contributed by atoms with Crippen LogP contribution in [0.25, 0.3) is 0 Å². The summed E-state index contributed by atoms with van der Waals surface area (Å²) in [6.07, 6.45) is 4.42. The van der Waals surface area contributed by atoms with E-state index in [-0.39, 0.29) is 17.9 Å². The van der Waals surface area contributed by atoms with Crippen LogP contribution in [0.15, 0.2) is 0 Å². The van der Waals surface area contributed by atoms with Crippen molar-refractivity contribution >= 4 is 5.91 Å². The van der Waals surface area contributed by atoms with Gasteiger partial charge >= 0.3 is 0 Å². The van der Waals surface area contributed by atoms with Crippen LogP contribution in [0.3, 0.4) is 0 Å². The summed E-state index contributed by atoms with van der Waals surface area (Å²) in [5.74, 6) is 0.207. The van der Waals surface area contributed by atoms with Gasteiger partial charge in [0.25, 0.3) is 0 Å². The molecule has 1 heterocycles. The zero-order valence-electron chi connectivity index (χ0n) is 10.4. The SMILES string of the molecule is CC(CCN)C(=O)N(C)CC1CCCCO1. The van der Waals surface area contributed by atoms with Gasteiger partial charge in [-0.1, -0.05) is 6.92 Å². The monoisotopic (exact) mass is 228 g/mol. The third-order valence-corrected chi connectivity index (χ3v) is 3.15. The molecule has 94 valence electrons. The van der Waals surface area contributed by atoms with E-state index in [0.717, 1.165) is 25.9 Å². The Kier molecular flexibility index (Phi) is 5.77. The summed E-state index contributed by atoms with van der Waals surface area (Å²) in [7, 11) is 1.85. The average molecular weight is 228 g/mol. The van der Waals surface area contributed by atoms with Crippen LogP contribution in [0, 0.1) is 5.92 Å². The van der Waals surface area contributed by atoms with Gasteiger partial charge < -0.3 is 15.4 Å². The Morgan fingerprint density at radius 3 is 2.88 bits per heavy atom. The summed E-state index contributed by atoms with van der Waals surface area (Å²) in [5, 5.41) is 0. The molecule has 0 bridgehead atoms. The molecule has 2 unspecified atom stereocenters. The number of likely N-dealkylation sites (N-methyl/N-ethyl adjacent to an activating group) is 1. The number of hydrogen-bond acceptors (Lipinski definition) is 3. The van der Waals surface area contributed by atoms with Crippen LogP contribution >= 0.6 is 0 Å². The number of carbonyl (C=O) groups excluding carboxylic acids is 1. The minimum Gasteiger partial charge on any atom is -0.376 e. The topological polar surface area (TPSA) is 55.6 Å². The summed E-state index contributed by atoms with van der Waals surface area (Å²) in [5.41, 5.74) is 5.46. The normalized spacial score (nSPS) is 22.8. The number of nitrogens with zero attached hydrogens (tertiary/aromatic N) is 1. The third kappa shape index (κ3) is 4.10. The van der Waals surface area contributed by atoms with Crippen LogP contribution in [0.4, 0.5) is 0 Å². The molecule has 1 aliphatic heterocycles. The van der Waals surface area contributed by atoms with Crippen molar-refractivity contribution in [2.75, 3.05) is 26.7 Å².